The van der Waals surface area contributed by atoms with Crippen molar-refractivity contribution in [2.45, 2.75) is 0 Å². The monoisotopic (exact) mass is 236 g/mol. The van der Waals surface area contributed by atoms with Crippen LogP contribution in [0, 0.1) is 6.57 Å². The van der Waals surface area contributed by atoms with Gasteiger partial charge in [-0.25, -0.2) is 6.57 Å². The number of hydrogen-bond donors (Lipinski definition) is 1. The van der Waals surface area contributed by atoms with Gasteiger partial charge in [0.05, 0.1) is 0 Å². The van der Waals surface area contributed by atoms with Gasteiger partial charge < -0.3 is 10.2 Å². The first-order valence-corrected chi connectivity index (χ1v) is 5.58. The largest absolute Gasteiger partial charge is 0.320 e. The number of amides is 1. The third-order valence-electron chi connectivity index (χ3n) is 2.50. The summed E-state index contributed by atoms with van der Waals surface area (Å²) in [5, 5.41) is 2.67. The van der Waals surface area contributed by atoms with Crippen LogP contribution in [0.4, 0.5) is 5.69 Å². The molecular formula is C15H12N2O. The van der Waals surface area contributed by atoms with Gasteiger partial charge in [-0.1, -0.05) is 42.5 Å². The maximum atomic E-state index is 11.2. The van der Waals surface area contributed by atoms with Gasteiger partial charge in [0.25, 0.3) is 6.54 Å². The summed E-state index contributed by atoms with van der Waals surface area (Å²) in [5.41, 5.74) is 2.94. The number of carbonyl (C=O) groups is 1. The Hall–Kier alpha value is -2.60. The topological polar surface area (TPSA) is 33.5 Å². The fraction of sp³-hybridized carbons (Fsp3) is 0.0667. The van der Waals surface area contributed by atoms with E-state index < -0.39 is 0 Å². The first-order valence-electron chi connectivity index (χ1n) is 5.58. The molecule has 0 bridgehead atoms. The number of anilines is 1. The van der Waals surface area contributed by atoms with Crippen LogP contribution in [-0.4, -0.2) is 12.5 Å². The second-order valence-electron chi connectivity index (χ2n) is 3.81. The van der Waals surface area contributed by atoms with E-state index in [1.54, 1.807) is 0 Å². The molecule has 0 aliphatic carbocycles. The molecule has 0 radical (unpaired) electrons. The van der Waals surface area contributed by atoms with Gasteiger partial charge in [0, 0.05) is 5.69 Å². The van der Waals surface area contributed by atoms with E-state index in [9.17, 15) is 4.79 Å². The fourth-order valence-corrected chi connectivity index (χ4v) is 1.65. The number of carbonyl (C=O) groups excluding carboxylic acids is 1. The van der Waals surface area contributed by atoms with Crippen LogP contribution in [0.25, 0.3) is 16.0 Å². The van der Waals surface area contributed by atoms with Crippen molar-refractivity contribution in [1.29, 1.82) is 0 Å². The summed E-state index contributed by atoms with van der Waals surface area (Å²) in [6.45, 7) is 6.47. The van der Waals surface area contributed by atoms with E-state index >= 15 is 0 Å². The molecule has 0 fully saturated rings. The van der Waals surface area contributed by atoms with E-state index in [-0.39, 0.29) is 12.5 Å². The van der Waals surface area contributed by atoms with Crippen LogP contribution >= 0.6 is 0 Å². The first kappa shape index (κ1) is 11.9. The van der Waals surface area contributed by atoms with Gasteiger partial charge in [-0.2, -0.15) is 0 Å². The molecule has 1 N–H and O–H groups in total. The Morgan fingerprint density at radius 3 is 2.22 bits per heavy atom. The molecular weight excluding hydrogens is 224 g/mol. The highest BCUT2D eigenvalue weighted by Gasteiger charge is 2.04. The van der Waals surface area contributed by atoms with Crippen molar-refractivity contribution in [2.24, 2.45) is 0 Å². The lowest BCUT2D eigenvalue weighted by Gasteiger charge is -2.04. The Labute approximate surface area is 106 Å². The van der Waals surface area contributed by atoms with Crippen molar-refractivity contribution in [2.75, 3.05) is 11.9 Å². The highest BCUT2D eigenvalue weighted by molar-refractivity contribution is 5.93. The third-order valence-corrected chi connectivity index (χ3v) is 2.50. The predicted molar refractivity (Wildman–Crippen MR) is 72.0 cm³/mol. The summed E-state index contributed by atoms with van der Waals surface area (Å²) < 4.78 is 0. The maximum Gasteiger partial charge on any atom is 0.304 e. The lowest BCUT2D eigenvalue weighted by Crippen LogP contribution is -2.13. The van der Waals surface area contributed by atoms with E-state index in [0.717, 1.165) is 11.1 Å². The van der Waals surface area contributed by atoms with Gasteiger partial charge >= 0.3 is 5.91 Å². The van der Waals surface area contributed by atoms with E-state index in [2.05, 4.69) is 10.2 Å². The fourth-order valence-electron chi connectivity index (χ4n) is 1.65. The van der Waals surface area contributed by atoms with Gasteiger partial charge in [0.15, 0.2) is 0 Å². The number of nitrogens with zero attached hydrogens (tertiary/aromatic N) is 1. The van der Waals surface area contributed by atoms with E-state index in [4.69, 9.17) is 6.57 Å². The minimum absolute atomic E-state index is 0.138. The minimum atomic E-state index is -0.280. The van der Waals surface area contributed by atoms with Crippen LogP contribution in [0.2, 0.25) is 0 Å². The van der Waals surface area contributed by atoms with Gasteiger partial charge in [0.1, 0.15) is 0 Å². The second kappa shape index (κ2) is 5.65. The minimum Gasteiger partial charge on any atom is -0.320 e. The molecule has 3 heteroatoms. The Balaban J connectivity index is 2.11. The Morgan fingerprint density at radius 1 is 1.00 bits per heavy atom. The molecule has 0 saturated heterocycles. The number of rotatable bonds is 3. The Morgan fingerprint density at radius 2 is 1.61 bits per heavy atom. The van der Waals surface area contributed by atoms with Crippen molar-refractivity contribution < 1.29 is 4.79 Å². The zero-order valence-corrected chi connectivity index (χ0v) is 9.76. The molecule has 0 spiro atoms. The Kier molecular flexibility index (Phi) is 3.72. The summed E-state index contributed by atoms with van der Waals surface area (Å²) in [6, 6.07) is 17.6. The van der Waals surface area contributed by atoms with E-state index in [0.29, 0.717) is 5.69 Å². The average Bonchev–Trinajstić information content (AvgIpc) is 2.41. The molecule has 2 aromatic rings. The predicted octanol–water partition coefficient (Wildman–Crippen LogP) is 3.21. The number of nitrogens with one attached hydrogen (secondary N) is 1. The van der Waals surface area contributed by atoms with Crippen molar-refractivity contribution in [1.82, 2.24) is 0 Å². The van der Waals surface area contributed by atoms with Gasteiger partial charge in [-0.3, -0.25) is 4.79 Å². The first-order chi connectivity index (χ1) is 8.79. The van der Waals surface area contributed by atoms with Gasteiger partial charge in [0.2, 0.25) is 0 Å². The molecule has 0 unspecified atom stereocenters. The van der Waals surface area contributed by atoms with Crippen molar-refractivity contribution >= 4 is 11.6 Å². The Bertz CT molecular complexity index is 568. The van der Waals surface area contributed by atoms with Crippen LogP contribution in [-0.2, 0) is 4.79 Å². The molecule has 2 aromatic carbocycles. The van der Waals surface area contributed by atoms with Crippen LogP contribution in [0.1, 0.15) is 0 Å². The third kappa shape index (κ3) is 2.96. The molecule has 3 nitrogen and oxygen atoms in total. The normalized spacial score (nSPS) is 9.50. The molecule has 0 saturated carbocycles. The summed E-state index contributed by atoms with van der Waals surface area (Å²) in [7, 11) is 0. The van der Waals surface area contributed by atoms with Crippen LogP contribution < -0.4 is 5.32 Å². The van der Waals surface area contributed by atoms with Crippen LogP contribution in [0.5, 0.6) is 0 Å². The average molecular weight is 236 g/mol. The summed E-state index contributed by atoms with van der Waals surface area (Å²) in [5.74, 6) is -0.280. The highest BCUT2D eigenvalue weighted by atomic mass is 16.1. The molecule has 0 heterocycles. The summed E-state index contributed by atoms with van der Waals surface area (Å²) in [6.07, 6.45) is 0. The number of hydrogen-bond acceptors (Lipinski definition) is 1. The molecule has 0 aromatic heterocycles. The van der Waals surface area contributed by atoms with Crippen molar-refractivity contribution in [3.63, 3.8) is 0 Å². The van der Waals surface area contributed by atoms with E-state index in [1.807, 2.05) is 54.6 Å². The highest BCUT2D eigenvalue weighted by Crippen LogP contribution is 2.20. The standard InChI is InChI=1S/C15H12N2O/c1-16-11-15(18)17-14-9-7-13(8-10-14)12-5-3-2-4-6-12/h2-10H,11H2,(H,17,18). The summed E-state index contributed by atoms with van der Waals surface area (Å²) in [4.78, 5) is 14.3. The van der Waals surface area contributed by atoms with Gasteiger partial charge in [-0.05, 0) is 23.3 Å². The van der Waals surface area contributed by atoms with Crippen molar-refractivity contribution in [3.05, 3.63) is 66.0 Å². The zero-order chi connectivity index (χ0) is 12.8. The molecule has 0 atom stereocenters. The molecule has 18 heavy (non-hydrogen) atoms. The quantitative estimate of drug-likeness (QED) is 0.816. The number of benzene rings is 2. The maximum absolute atomic E-state index is 11.2. The molecule has 0 aliphatic rings. The van der Waals surface area contributed by atoms with Crippen molar-refractivity contribution in [3.8, 4) is 11.1 Å². The molecule has 1 amide bonds. The second-order valence-corrected chi connectivity index (χ2v) is 3.81. The van der Waals surface area contributed by atoms with Crippen LogP contribution in [0.15, 0.2) is 54.6 Å². The smallest absolute Gasteiger partial charge is 0.304 e. The SMILES string of the molecule is [C-]#[N+]CC(=O)Nc1ccc(-c2ccccc2)cc1. The lowest BCUT2D eigenvalue weighted by atomic mass is 10.1. The molecule has 2 rings (SSSR count). The van der Waals surface area contributed by atoms with Gasteiger partial charge in [-0.15, -0.1) is 0 Å². The van der Waals surface area contributed by atoms with E-state index in [1.165, 1.54) is 0 Å². The van der Waals surface area contributed by atoms with Crippen LogP contribution in [0.3, 0.4) is 0 Å². The summed E-state index contributed by atoms with van der Waals surface area (Å²) >= 11 is 0. The molecule has 0 aliphatic heterocycles. The molecule has 88 valence electrons. The zero-order valence-electron chi connectivity index (χ0n) is 9.76. The lowest BCUT2D eigenvalue weighted by molar-refractivity contribution is -0.114.